The fraction of sp³-hybridized carbons (Fsp3) is 0.436. The molecule has 0 aromatic heterocycles. The second-order valence-corrected chi connectivity index (χ2v) is 22.2. The molecule has 5 heterocycles. The van der Waals surface area contributed by atoms with E-state index in [1.807, 2.05) is 24.0 Å². The molecule has 75 heavy (non-hydrogen) atoms. The third-order valence-corrected chi connectivity index (χ3v) is 17.3. The van der Waals surface area contributed by atoms with Crippen molar-refractivity contribution >= 4 is 70.8 Å². The molecule has 1 N–H and O–H groups in total. The second kappa shape index (κ2) is 18.2. The first kappa shape index (κ1) is 50.3. The summed E-state index contributed by atoms with van der Waals surface area (Å²) in [5.74, 6) is 0.125. The minimum absolute atomic E-state index is 0.00547. The number of imide groups is 1. The monoisotopic (exact) mass is 1040 g/mol. The molecule has 3 aliphatic carbocycles. The van der Waals surface area contributed by atoms with Crippen LogP contribution < -0.4 is 30.1 Å². The number of benzene rings is 4. The maximum Gasteiger partial charge on any atom is 0.494 e. The van der Waals surface area contributed by atoms with Gasteiger partial charge < -0.3 is 33.5 Å². The van der Waals surface area contributed by atoms with E-state index in [9.17, 15) is 42.4 Å². The number of carbonyl (C=O) groups excluding carboxylic acids is 5. The van der Waals surface area contributed by atoms with Crippen LogP contribution in [0.3, 0.4) is 0 Å². The summed E-state index contributed by atoms with van der Waals surface area (Å²) >= 11 is 5.74. The maximum absolute atomic E-state index is 13.9. The van der Waals surface area contributed by atoms with Crippen molar-refractivity contribution in [1.29, 1.82) is 5.26 Å². The van der Waals surface area contributed by atoms with Crippen LogP contribution >= 0.6 is 12.2 Å². The van der Waals surface area contributed by atoms with Gasteiger partial charge in [0.1, 0.15) is 23.1 Å². The van der Waals surface area contributed by atoms with Crippen LogP contribution in [0.1, 0.15) is 115 Å². The summed E-state index contributed by atoms with van der Waals surface area (Å²) in [4.78, 5) is 71.2. The summed E-state index contributed by atoms with van der Waals surface area (Å²) in [5, 5.41) is 11.6. The van der Waals surface area contributed by atoms with Crippen LogP contribution in [0, 0.1) is 35.5 Å². The van der Waals surface area contributed by atoms with E-state index in [0.29, 0.717) is 78.9 Å². The number of halogens is 3. The van der Waals surface area contributed by atoms with E-state index in [1.54, 1.807) is 67.3 Å². The van der Waals surface area contributed by atoms with Crippen molar-refractivity contribution in [1.82, 2.24) is 15.1 Å². The van der Waals surface area contributed by atoms with Crippen LogP contribution in [-0.4, -0.2) is 94.6 Å². The Morgan fingerprint density at radius 2 is 1.67 bits per heavy atom. The van der Waals surface area contributed by atoms with E-state index in [0.717, 1.165) is 46.5 Å². The molecule has 0 spiro atoms. The molecule has 5 amide bonds. The lowest BCUT2D eigenvalue weighted by Gasteiger charge is -2.65. The molecule has 3 saturated heterocycles. The number of nitriles is 1. The molecule has 2 bridgehead atoms. The molecule has 15 nitrogen and oxygen atoms in total. The molecule has 0 radical (unpaired) electrons. The number of hydrogen-bond donors (Lipinski definition) is 1. The van der Waals surface area contributed by atoms with Gasteiger partial charge in [-0.3, -0.25) is 34.2 Å². The number of ether oxygens (including phenoxy) is 2. The van der Waals surface area contributed by atoms with Gasteiger partial charge in [-0.2, -0.15) is 18.4 Å². The Labute approximate surface area is 437 Å². The van der Waals surface area contributed by atoms with Gasteiger partial charge in [0, 0.05) is 48.3 Å². The highest BCUT2D eigenvalue weighted by atomic mass is 32.1. The van der Waals surface area contributed by atoms with Crippen LogP contribution in [0.25, 0.3) is 0 Å². The lowest BCUT2D eigenvalue weighted by Crippen LogP contribution is -2.67. The molecule has 1 unspecified atom stereocenters. The van der Waals surface area contributed by atoms with Crippen molar-refractivity contribution in [3.8, 4) is 17.6 Å². The predicted octanol–water partition coefficient (Wildman–Crippen LogP) is 7.37. The Kier molecular flexibility index (Phi) is 12.2. The number of nitrogens with one attached hydrogen (secondary N) is 1. The zero-order valence-corrected chi connectivity index (χ0v) is 42.9. The Morgan fingerprint density at radius 1 is 0.907 bits per heavy atom. The second-order valence-electron chi connectivity index (χ2n) is 21.8. The number of amides is 5. The standard InChI is InChI=1S/C55H54BF3N6O9S/c1-30-22-38-32(28-62(48(38)68)19-7-20-72-43-9-6-8-37-39(43)29-63(49(37)69)42-16-17-46(66)61-47(42)67)23-41(30)56-73-45-25-33-24-44(52(33,2)3)54(45,74-56)18-21-71-36-14-12-34(13-15-36)65-51(75)64(50(70)53(65,4)5)35-11-10-31(27-60)40(26-35)55(57,58)59/h6,8-15,22-23,26,33,42,44-45H,7,16-21,24-25,28-29H2,1-5H3,(H,61,66,67)/t33-,42?,44-,45+,54-/m1/s1. The maximum atomic E-state index is 13.9. The molecular formula is C55H54BF3N6O9S. The highest BCUT2D eigenvalue weighted by Gasteiger charge is 2.70. The number of piperidine rings is 1. The van der Waals surface area contributed by atoms with Crippen molar-refractivity contribution in [2.75, 3.05) is 29.6 Å². The molecule has 3 saturated carbocycles. The van der Waals surface area contributed by atoms with Gasteiger partial charge in [-0.15, -0.1) is 0 Å². The Bertz CT molecular complexity index is 3160. The zero-order chi connectivity index (χ0) is 53.1. The van der Waals surface area contributed by atoms with E-state index >= 15 is 0 Å². The first-order valence-electron chi connectivity index (χ1n) is 25.3. The number of anilines is 2. The van der Waals surface area contributed by atoms with Gasteiger partial charge in [0.05, 0.1) is 54.3 Å². The van der Waals surface area contributed by atoms with Crippen LogP contribution in [0.2, 0.25) is 0 Å². The van der Waals surface area contributed by atoms with Gasteiger partial charge in [0.15, 0.2) is 5.11 Å². The number of rotatable bonds is 13. The Hall–Kier alpha value is -6.82. The van der Waals surface area contributed by atoms with Gasteiger partial charge in [-0.05, 0) is 148 Å². The van der Waals surface area contributed by atoms with Gasteiger partial charge in [-0.1, -0.05) is 31.5 Å². The third-order valence-electron chi connectivity index (χ3n) is 16.9. The average molecular weight is 1040 g/mol. The molecule has 5 atom stereocenters. The SMILES string of the molecule is Cc1cc2c(cc1B1O[C@H]3C[C@H]4C[C@H](C4(C)C)[C@@]3(CCOc3ccc(N4C(=S)N(c5ccc(C#N)c(C(F)(F)F)c5)C(=O)C4(C)C)cc3)O1)CN(CCCOc1cccc3c1CN(C1CCC(=O)NC1=O)C3=O)C2=O. The largest absolute Gasteiger partial charge is 0.494 e. The Balaban J connectivity index is 0.729. The van der Waals surface area contributed by atoms with E-state index in [4.69, 9.17) is 31.0 Å². The number of nitrogens with zero attached hydrogens (tertiary/aromatic N) is 5. The van der Waals surface area contributed by atoms with Crippen LogP contribution in [0.4, 0.5) is 24.5 Å². The third kappa shape index (κ3) is 8.24. The van der Waals surface area contributed by atoms with Crippen LogP contribution in [0.5, 0.6) is 11.5 Å². The molecule has 4 aromatic carbocycles. The molecule has 4 aromatic rings. The number of carbonyl (C=O) groups is 5. The normalized spacial score (nSPS) is 25.3. The van der Waals surface area contributed by atoms with Crippen molar-refractivity contribution in [2.24, 2.45) is 17.3 Å². The van der Waals surface area contributed by atoms with E-state index in [2.05, 4.69) is 19.2 Å². The van der Waals surface area contributed by atoms with Crippen LogP contribution in [-0.2, 0) is 43.0 Å². The fourth-order valence-electron chi connectivity index (χ4n) is 12.8. The first-order chi connectivity index (χ1) is 35.6. The van der Waals surface area contributed by atoms with Crippen LogP contribution in [0.15, 0.2) is 72.8 Å². The molecule has 8 aliphatic rings. The van der Waals surface area contributed by atoms with Crippen molar-refractivity contribution in [3.63, 3.8) is 0 Å². The highest BCUT2D eigenvalue weighted by molar-refractivity contribution is 7.81. The number of fused-ring (bicyclic) bond motifs is 2. The summed E-state index contributed by atoms with van der Waals surface area (Å²) in [6.45, 7) is 11.5. The van der Waals surface area contributed by atoms with Gasteiger partial charge in [0.25, 0.3) is 17.7 Å². The molecular weight excluding hydrogens is 989 g/mol. The van der Waals surface area contributed by atoms with Crippen molar-refractivity contribution in [2.45, 2.75) is 116 Å². The summed E-state index contributed by atoms with van der Waals surface area (Å²) < 4.78 is 68.3. The quantitative estimate of drug-likeness (QED) is 0.0612. The minimum atomic E-state index is -4.81. The summed E-state index contributed by atoms with van der Waals surface area (Å²) in [6.07, 6.45) is -1.62. The van der Waals surface area contributed by atoms with E-state index in [-0.39, 0.29) is 65.3 Å². The van der Waals surface area contributed by atoms with Gasteiger partial charge >= 0.3 is 13.3 Å². The molecule has 388 valence electrons. The number of alkyl halides is 3. The molecule has 12 rings (SSSR count). The predicted molar refractivity (Wildman–Crippen MR) is 272 cm³/mol. The average Bonchev–Trinajstić information content (AvgIpc) is 4.07. The number of aryl methyl sites for hydroxylation is 1. The van der Waals surface area contributed by atoms with Crippen molar-refractivity contribution in [3.05, 3.63) is 112 Å². The zero-order valence-electron chi connectivity index (χ0n) is 42.0. The topological polar surface area (TPSA) is 171 Å². The summed E-state index contributed by atoms with van der Waals surface area (Å²) in [7, 11) is -0.656. The minimum Gasteiger partial charge on any atom is -0.493 e. The van der Waals surface area contributed by atoms with Gasteiger partial charge in [-0.25, -0.2) is 0 Å². The lowest BCUT2D eigenvalue weighted by atomic mass is 9.43. The molecule has 20 heteroatoms. The number of thiocarbonyl (C=S) groups is 1. The van der Waals surface area contributed by atoms with E-state index in [1.165, 1.54) is 11.0 Å². The Morgan fingerprint density at radius 3 is 2.39 bits per heavy atom. The number of hydrogen-bond acceptors (Lipinski definition) is 11. The molecule has 6 fully saturated rings. The van der Waals surface area contributed by atoms with Crippen molar-refractivity contribution < 1.29 is 55.9 Å². The lowest BCUT2D eigenvalue weighted by molar-refractivity contribution is -0.212. The molecule has 5 aliphatic heterocycles. The fourth-order valence-corrected chi connectivity index (χ4v) is 13.3. The van der Waals surface area contributed by atoms with Gasteiger partial charge in [0.2, 0.25) is 11.8 Å². The summed E-state index contributed by atoms with van der Waals surface area (Å²) in [5.41, 5.74) is 1.34. The highest BCUT2D eigenvalue weighted by Crippen LogP contribution is 2.66. The summed E-state index contributed by atoms with van der Waals surface area (Å²) in [6, 6.07) is 20.2. The van der Waals surface area contributed by atoms with E-state index < -0.39 is 53.4 Å². The smallest absolute Gasteiger partial charge is 0.493 e. The first-order valence-corrected chi connectivity index (χ1v) is 25.7.